The summed E-state index contributed by atoms with van der Waals surface area (Å²) < 4.78 is 11.6. The molecule has 2 aromatic carbocycles. The number of hydrogen-bond acceptors (Lipinski definition) is 4. The molecule has 0 amide bonds. The Morgan fingerprint density at radius 2 is 1.59 bits per heavy atom. The van der Waals surface area contributed by atoms with Gasteiger partial charge in [-0.25, -0.2) is 4.79 Å². The van der Waals surface area contributed by atoms with Crippen molar-refractivity contribution in [3.05, 3.63) is 71.3 Å². The Morgan fingerprint density at radius 1 is 0.949 bits per heavy atom. The Morgan fingerprint density at radius 3 is 2.21 bits per heavy atom. The average Bonchev–Trinajstić information content (AvgIpc) is 2.95. The monoisotopic (exact) mass is 550 g/mol. The van der Waals surface area contributed by atoms with Crippen LogP contribution in [0.3, 0.4) is 0 Å². The van der Waals surface area contributed by atoms with Crippen molar-refractivity contribution in [2.75, 3.05) is 13.2 Å². The van der Waals surface area contributed by atoms with Crippen LogP contribution in [-0.4, -0.2) is 32.4 Å². The van der Waals surface area contributed by atoms with E-state index in [4.69, 9.17) is 14.6 Å². The lowest BCUT2D eigenvalue weighted by Crippen LogP contribution is -2.40. The van der Waals surface area contributed by atoms with E-state index < -0.39 is 8.07 Å². The lowest BCUT2D eigenvalue weighted by atomic mass is 9.76. The predicted octanol–water partition coefficient (Wildman–Crippen LogP) is 8.00. The van der Waals surface area contributed by atoms with Crippen molar-refractivity contribution in [1.29, 1.82) is 0 Å². The Kier molecular flexibility index (Phi) is 12.3. The summed E-state index contributed by atoms with van der Waals surface area (Å²) in [4.78, 5) is 12.1. The molecule has 0 aromatic heterocycles. The third kappa shape index (κ3) is 9.35. The second kappa shape index (κ2) is 15.4. The summed E-state index contributed by atoms with van der Waals surface area (Å²) in [6, 6.07) is 17.4. The summed E-state index contributed by atoms with van der Waals surface area (Å²) in [6.45, 7) is 13.6. The van der Waals surface area contributed by atoms with Gasteiger partial charge in [-0.1, -0.05) is 81.0 Å². The zero-order chi connectivity index (χ0) is 28.3. The zero-order valence-corrected chi connectivity index (χ0v) is 25.8. The number of aliphatic hydroxyl groups is 1. The van der Waals surface area contributed by atoms with E-state index in [0.29, 0.717) is 24.0 Å². The highest BCUT2D eigenvalue weighted by Crippen LogP contribution is 2.41. The zero-order valence-electron chi connectivity index (χ0n) is 24.8. The summed E-state index contributed by atoms with van der Waals surface area (Å²) in [5.74, 6) is 1.54. The molecule has 0 atom stereocenters. The van der Waals surface area contributed by atoms with Crippen molar-refractivity contribution < 1.29 is 19.4 Å². The topological polar surface area (TPSA) is 55.8 Å². The summed E-state index contributed by atoms with van der Waals surface area (Å²) in [5, 5.41) is 10.6. The van der Waals surface area contributed by atoms with Crippen LogP contribution in [0, 0.1) is 0 Å². The van der Waals surface area contributed by atoms with Gasteiger partial charge in [0, 0.05) is 17.7 Å². The van der Waals surface area contributed by atoms with Crippen LogP contribution >= 0.6 is 0 Å². The number of rotatable bonds is 15. The molecule has 1 saturated carbocycles. The molecule has 0 spiro atoms. The van der Waals surface area contributed by atoms with Crippen LogP contribution < -0.4 is 9.92 Å². The van der Waals surface area contributed by atoms with Crippen molar-refractivity contribution in [3.63, 3.8) is 0 Å². The van der Waals surface area contributed by atoms with Gasteiger partial charge >= 0.3 is 5.97 Å². The van der Waals surface area contributed by atoms with E-state index in [-0.39, 0.29) is 19.2 Å². The Balaban J connectivity index is 1.63. The molecular formula is C34H50O4Si. The second-order valence-corrected chi connectivity index (χ2v) is 16.9. The average molecular weight is 551 g/mol. The Bertz CT molecular complexity index is 1050. The second-order valence-electron chi connectivity index (χ2n) is 12.0. The van der Waals surface area contributed by atoms with Crippen LogP contribution in [0.4, 0.5) is 0 Å². The summed E-state index contributed by atoms with van der Waals surface area (Å²) in [6.07, 6.45) is 9.94. The Hall–Kier alpha value is -2.37. The molecule has 3 rings (SSSR count). The van der Waals surface area contributed by atoms with Crippen LogP contribution in [-0.2, 0) is 16.1 Å². The number of ether oxygens (including phenoxy) is 2. The van der Waals surface area contributed by atoms with Crippen molar-refractivity contribution in [2.45, 2.75) is 109 Å². The molecule has 0 heterocycles. The van der Waals surface area contributed by atoms with Gasteiger partial charge < -0.3 is 14.6 Å². The third-order valence-electron chi connectivity index (χ3n) is 8.37. The summed E-state index contributed by atoms with van der Waals surface area (Å²) >= 11 is 0. The van der Waals surface area contributed by atoms with E-state index in [0.717, 1.165) is 43.4 Å². The first-order valence-electron chi connectivity index (χ1n) is 15.0. The van der Waals surface area contributed by atoms with E-state index in [1.54, 1.807) is 12.1 Å². The quantitative estimate of drug-likeness (QED) is 0.106. The lowest BCUT2D eigenvalue weighted by molar-refractivity contribution is -0.140. The third-order valence-corrected chi connectivity index (χ3v) is 11.9. The number of carbonyl (C=O) groups excluding carboxylic acids is 1. The fraction of sp³-hybridized carbons (Fsp3) is 0.559. The number of benzene rings is 2. The fourth-order valence-corrected chi connectivity index (χ4v) is 8.27. The lowest BCUT2D eigenvalue weighted by Gasteiger charge is -2.30. The Labute approximate surface area is 237 Å². The molecule has 214 valence electrons. The van der Waals surface area contributed by atoms with Gasteiger partial charge in [-0.3, -0.25) is 0 Å². The molecule has 0 aliphatic heterocycles. The van der Waals surface area contributed by atoms with Gasteiger partial charge in [-0.2, -0.15) is 0 Å². The van der Waals surface area contributed by atoms with Crippen LogP contribution in [0.5, 0.6) is 5.75 Å². The van der Waals surface area contributed by atoms with Gasteiger partial charge in [0.15, 0.2) is 0 Å². The highest BCUT2D eigenvalue weighted by atomic mass is 28.3. The highest BCUT2D eigenvalue weighted by molar-refractivity contribution is 6.89. The molecule has 0 bridgehead atoms. The number of esters is 1. The maximum absolute atomic E-state index is 12.1. The van der Waals surface area contributed by atoms with Gasteiger partial charge in [-0.05, 0) is 87.0 Å². The number of unbranched alkanes of at least 4 members (excludes halogenated alkanes) is 3. The molecule has 2 aromatic rings. The van der Waals surface area contributed by atoms with Gasteiger partial charge in [0.2, 0.25) is 0 Å². The van der Waals surface area contributed by atoms with Crippen molar-refractivity contribution >= 4 is 19.2 Å². The maximum Gasteiger partial charge on any atom is 0.333 e. The molecule has 1 aliphatic carbocycles. The van der Waals surface area contributed by atoms with Gasteiger partial charge in [0.1, 0.15) is 12.4 Å². The minimum atomic E-state index is -1.33. The van der Waals surface area contributed by atoms with Gasteiger partial charge in [-0.15, -0.1) is 0 Å². The molecular weight excluding hydrogens is 500 g/mol. The number of hydrogen-bond donors (Lipinski definition) is 1. The van der Waals surface area contributed by atoms with E-state index in [1.807, 2.05) is 6.07 Å². The smallest absolute Gasteiger partial charge is 0.333 e. The van der Waals surface area contributed by atoms with Crippen LogP contribution in [0.15, 0.2) is 54.6 Å². The van der Waals surface area contributed by atoms with E-state index in [1.165, 1.54) is 42.9 Å². The van der Waals surface area contributed by atoms with Gasteiger partial charge in [0.25, 0.3) is 0 Å². The molecule has 39 heavy (non-hydrogen) atoms. The standard InChI is InChI=1S/C34H50O4Si/c1-6-7-23-39(4,5)32-18-15-28(16-19-32)27-11-13-29(14-12-27)30-17-20-33(37-22-10-8-9-21-35)31(24-30)25-38-34(36)26(2)3/h15-20,24,27,29,35H,2,6-14,21-23,25H2,1,3-5H3. The molecule has 1 aliphatic rings. The minimum absolute atomic E-state index is 0.186. The largest absolute Gasteiger partial charge is 0.493 e. The number of aliphatic hydroxyl groups excluding tert-OH is 1. The van der Waals surface area contributed by atoms with E-state index in [9.17, 15) is 4.79 Å². The van der Waals surface area contributed by atoms with Gasteiger partial charge in [0.05, 0.1) is 14.7 Å². The van der Waals surface area contributed by atoms with Crippen LogP contribution in [0.2, 0.25) is 19.1 Å². The minimum Gasteiger partial charge on any atom is -0.493 e. The summed E-state index contributed by atoms with van der Waals surface area (Å²) in [7, 11) is -1.33. The first-order valence-corrected chi connectivity index (χ1v) is 18.3. The molecule has 0 unspecified atom stereocenters. The highest BCUT2D eigenvalue weighted by Gasteiger charge is 2.26. The van der Waals surface area contributed by atoms with Crippen molar-refractivity contribution in [3.8, 4) is 5.75 Å². The maximum atomic E-state index is 12.1. The predicted molar refractivity (Wildman–Crippen MR) is 165 cm³/mol. The molecule has 1 fully saturated rings. The number of carbonyl (C=O) groups is 1. The molecule has 0 radical (unpaired) electrons. The molecule has 5 heteroatoms. The first kappa shape index (κ1) is 31.2. The van der Waals surface area contributed by atoms with Crippen molar-refractivity contribution in [2.24, 2.45) is 0 Å². The molecule has 1 N–H and O–H groups in total. The van der Waals surface area contributed by atoms with E-state index >= 15 is 0 Å². The van der Waals surface area contributed by atoms with Crippen molar-refractivity contribution in [1.82, 2.24) is 0 Å². The van der Waals surface area contributed by atoms with E-state index in [2.05, 4.69) is 63.0 Å². The molecule has 0 saturated heterocycles. The van der Waals surface area contributed by atoms with Crippen LogP contribution in [0.25, 0.3) is 0 Å². The fourth-order valence-electron chi connectivity index (χ4n) is 5.68. The SMILES string of the molecule is C=C(C)C(=O)OCc1cc(C2CCC(c3ccc([Si](C)(C)CCCC)cc3)CC2)ccc1OCCCCCO. The molecule has 4 nitrogen and oxygen atoms in total. The first-order chi connectivity index (χ1) is 18.7. The normalized spacial score (nSPS) is 17.6. The summed E-state index contributed by atoms with van der Waals surface area (Å²) in [5.41, 5.74) is 4.11. The van der Waals surface area contributed by atoms with Crippen LogP contribution in [0.1, 0.15) is 100 Å².